The molecule has 3 rings (SSSR count). The SMILES string of the molecule is C[C@@H](CO)Nc1nc(Nc2cc(Cl)c(O)c(Cl)c2)cc(-c2ccccc2)n1. The van der Waals surface area contributed by atoms with Gasteiger partial charge in [-0.2, -0.15) is 4.98 Å². The van der Waals surface area contributed by atoms with E-state index in [1.54, 1.807) is 18.2 Å². The summed E-state index contributed by atoms with van der Waals surface area (Å²) in [4.78, 5) is 8.95. The number of phenols is 1. The number of anilines is 3. The van der Waals surface area contributed by atoms with Crippen molar-refractivity contribution in [3.05, 3.63) is 58.6 Å². The summed E-state index contributed by atoms with van der Waals surface area (Å²) >= 11 is 12.0. The van der Waals surface area contributed by atoms with E-state index in [2.05, 4.69) is 20.6 Å². The molecular weight excluding hydrogens is 387 g/mol. The van der Waals surface area contributed by atoms with E-state index >= 15 is 0 Å². The minimum Gasteiger partial charge on any atom is -0.505 e. The largest absolute Gasteiger partial charge is 0.505 e. The number of nitrogens with zero attached hydrogens (tertiary/aromatic N) is 2. The van der Waals surface area contributed by atoms with E-state index in [1.807, 2.05) is 37.3 Å². The Kier molecular flexibility index (Phi) is 6.01. The summed E-state index contributed by atoms with van der Waals surface area (Å²) in [5.74, 6) is 0.710. The smallest absolute Gasteiger partial charge is 0.225 e. The predicted molar refractivity (Wildman–Crippen MR) is 109 cm³/mol. The van der Waals surface area contributed by atoms with E-state index in [0.717, 1.165) is 5.56 Å². The van der Waals surface area contributed by atoms with E-state index in [9.17, 15) is 10.2 Å². The molecule has 6 nitrogen and oxygen atoms in total. The quantitative estimate of drug-likeness (QED) is 0.445. The number of aromatic hydroxyl groups is 1. The molecule has 0 amide bonds. The summed E-state index contributed by atoms with van der Waals surface area (Å²) in [6.45, 7) is 1.77. The molecule has 2 aromatic carbocycles. The van der Waals surface area contributed by atoms with Crippen molar-refractivity contribution in [1.29, 1.82) is 0 Å². The molecule has 0 bridgehead atoms. The van der Waals surface area contributed by atoms with Gasteiger partial charge in [-0.3, -0.25) is 0 Å². The fourth-order valence-electron chi connectivity index (χ4n) is 2.38. The van der Waals surface area contributed by atoms with Gasteiger partial charge in [0.15, 0.2) is 5.75 Å². The van der Waals surface area contributed by atoms with Crippen LogP contribution in [-0.4, -0.2) is 32.8 Å². The molecule has 0 aliphatic rings. The molecule has 1 aromatic heterocycles. The molecule has 27 heavy (non-hydrogen) atoms. The number of benzene rings is 2. The molecule has 140 valence electrons. The molecule has 0 saturated heterocycles. The molecule has 1 atom stereocenters. The third-order valence-electron chi connectivity index (χ3n) is 3.73. The highest BCUT2D eigenvalue weighted by Crippen LogP contribution is 2.35. The minimum atomic E-state index is -0.207. The van der Waals surface area contributed by atoms with Crippen molar-refractivity contribution in [2.75, 3.05) is 17.2 Å². The van der Waals surface area contributed by atoms with Crippen molar-refractivity contribution < 1.29 is 10.2 Å². The van der Waals surface area contributed by atoms with Gasteiger partial charge in [-0.15, -0.1) is 0 Å². The maximum Gasteiger partial charge on any atom is 0.225 e. The summed E-state index contributed by atoms with van der Waals surface area (Å²) < 4.78 is 0. The second kappa shape index (κ2) is 8.43. The highest BCUT2D eigenvalue weighted by atomic mass is 35.5. The summed E-state index contributed by atoms with van der Waals surface area (Å²) in [5.41, 5.74) is 2.20. The fourth-order valence-corrected chi connectivity index (χ4v) is 2.87. The number of aromatic nitrogens is 2. The van der Waals surface area contributed by atoms with Crippen LogP contribution >= 0.6 is 23.2 Å². The summed E-state index contributed by atoms with van der Waals surface area (Å²) in [6, 6.07) is 14.4. The molecular formula is C19H18Cl2N4O2. The van der Waals surface area contributed by atoms with Gasteiger partial charge < -0.3 is 20.8 Å². The fraction of sp³-hybridized carbons (Fsp3) is 0.158. The number of phenolic OH excluding ortho intramolecular Hbond substituents is 1. The Labute approximate surface area is 166 Å². The van der Waals surface area contributed by atoms with Crippen molar-refractivity contribution in [3.8, 4) is 17.0 Å². The second-order valence-corrected chi connectivity index (χ2v) is 6.78. The number of rotatable bonds is 6. The van der Waals surface area contributed by atoms with Gasteiger partial charge in [0.2, 0.25) is 5.95 Å². The van der Waals surface area contributed by atoms with Crippen LogP contribution in [0, 0.1) is 0 Å². The van der Waals surface area contributed by atoms with Gasteiger partial charge in [-0.1, -0.05) is 53.5 Å². The van der Waals surface area contributed by atoms with Crippen molar-refractivity contribution in [1.82, 2.24) is 9.97 Å². The highest BCUT2D eigenvalue weighted by molar-refractivity contribution is 6.37. The summed E-state index contributed by atoms with van der Waals surface area (Å²) in [7, 11) is 0. The number of nitrogens with one attached hydrogen (secondary N) is 2. The van der Waals surface area contributed by atoms with Gasteiger partial charge in [-0.25, -0.2) is 4.98 Å². The Morgan fingerprint density at radius 1 is 1.04 bits per heavy atom. The number of hydrogen-bond acceptors (Lipinski definition) is 6. The standard InChI is InChI=1S/C19H18Cl2N4O2/c1-11(10-26)22-19-24-16(12-5-3-2-4-6-12)9-17(25-19)23-13-7-14(20)18(27)15(21)8-13/h2-9,11,26-27H,10H2,1H3,(H2,22,23,24,25)/t11-/m0/s1. The average Bonchev–Trinajstić information content (AvgIpc) is 2.66. The van der Waals surface area contributed by atoms with E-state index in [1.165, 1.54) is 0 Å². The Bertz CT molecular complexity index is 915. The van der Waals surface area contributed by atoms with Gasteiger partial charge in [0.25, 0.3) is 0 Å². The van der Waals surface area contributed by atoms with E-state index in [0.29, 0.717) is 23.1 Å². The monoisotopic (exact) mass is 404 g/mol. The zero-order chi connectivity index (χ0) is 19.4. The van der Waals surface area contributed by atoms with Crippen LogP contribution in [0.2, 0.25) is 10.0 Å². The van der Waals surface area contributed by atoms with E-state index in [-0.39, 0.29) is 28.4 Å². The Hall–Kier alpha value is -2.54. The topological polar surface area (TPSA) is 90.3 Å². The van der Waals surface area contributed by atoms with Gasteiger partial charge in [0.05, 0.1) is 22.3 Å². The first-order valence-electron chi connectivity index (χ1n) is 8.23. The van der Waals surface area contributed by atoms with Crippen molar-refractivity contribution in [2.24, 2.45) is 0 Å². The van der Waals surface area contributed by atoms with Crippen molar-refractivity contribution >= 4 is 40.7 Å². The van der Waals surface area contributed by atoms with Crippen LogP contribution in [0.1, 0.15) is 6.92 Å². The molecule has 0 radical (unpaired) electrons. The first-order chi connectivity index (χ1) is 13.0. The number of aliphatic hydroxyl groups is 1. The van der Waals surface area contributed by atoms with Gasteiger partial charge in [0, 0.05) is 23.4 Å². The lowest BCUT2D eigenvalue weighted by atomic mass is 10.1. The van der Waals surface area contributed by atoms with Crippen LogP contribution in [0.4, 0.5) is 17.5 Å². The maximum atomic E-state index is 9.71. The molecule has 0 spiro atoms. The zero-order valence-corrected chi connectivity index (χ0v) is 16.0. The zero-order valence-electron chi connectivity index (χ0n) is 14.4. The molecule has 0 aliphatic heterocycles. The highest BCUT2D eigenvalue weighted by Gasteiger charge is 2.11. The molecule has 8 heteroatoms. The van der Waals surface area contributed by atoms with Crippen molar-refractivity contribution in [3.63, 3.8) is 0 Å². The van der Waals surface area contributed by atoms with E-state index < -0.39 is 0 Å². The van der Waals surface area contributed by atoms with Gasteiger partial charge in [0.1, 0.15) is 5.82 Å². The van der Waals surface area contributed by atoms with Crippen LogP contribution in [-0.2, 0) is 0 Å². The Balaban J connectivity index is 1.99. The third kappa shape index (κ3) is 4.80. The second-order valence-electron chi connectivity index (χ2n) is 5.97. The number of hydrogen-bond donors (Lipinski definition) is 4. The molecule has 3 aromatic rings. The maximum absolute atomic E-state index is 9.71. The molecule has 0 saturated carbocycles. The van der Waals surface area contributed by atoms with Crippen LogP contribution in [0.15, 0.2) is 48.5 Å². The molecule has 1 heterocycles. The van der Waals surface area contributed by atoms with Crippen LogP contribution in [0.5, 0.6) is 5.75 Å². The van der Waals surface area contributed by atoms with Crippen LogP contribution < -0.4 is 10.6 Å². The minimum absolute atomic E-state index is 0.0507. The Morgan fingerprint density at radius 3 is 2.33 bits per heavy atom. The molecule has 0 aliphatic carbocycles. The molecule has 0 fully saturated rings. The lowest BCUT2D eigenvalue weighted by Crippen LogP contribution is -2.21. The van der Waals surface area contributed by atoms with E-state index in [4.69, 9.17) is 23.2 Å². The summed E-state index contributed by atoms with van der Waals surface area (Å²) in [6.07, 6.45) is 0. The number of aliphatic hydroxyl groups excluding tert-OH is 1. The van der Waals surface area contributed by atoms with Crippen molar-refractivity contribution in [2.45, 2.75) is 13.0 Å². The lowest BCUT2D eigenvalue weighted by Gasteiger charge is -2.14. The normalized spacial score (nSPS) is 11.9. The first kappa shape index (κ1) is 19.2. The number of halogens is 2. The third-order valence-corrected chi connectivity index (χ3v) is 4.31. The molecule has 0 unspecified atom stereocenters. The summed E-state index contributed by atoms with van der Waals surface area (Å²) in [5, 5.41) is 25.4. The molecule has 4 N–H and O–H groups in total. The van der Waals surface area contributed by atoms with Gasteiger partial charge >= 0.3 is 0 Å². The lowest BCUT2D eigenvalue weighted by molar-refractivity contribution is 0.281. The predicted octanol–water partition coefficient (Wildman–Crippen LogP) is 4.69. The average molecular weight is 405 g/mol. The van der Waals surface area contributed by atoms with Gasteiger partial charge in [-0.05, 0) is 19.1 Å². The van der Waals surface area contributed by atoms with Crippen LogP contribution in [0.25, 0.3) is 11.3 Å². The van der Waals surface area contributed by atoms with Crippen LogP contribution in [0.3, 0.4) is 0 Å². The first-order valence-corrected chi connectivity index (χ1v) is 8.99. The Morgan fingerprint density at radius 2 is 1.70 bits per heavy atom.